The molecule has 2 rings (SSSR count). The topological polar surface area (TPSA) is 85.8 Å². The minimum absolute atomic E-state index is 0.00210. The molecule has 1 amide bonds. The second-order valence-electron chi connectivity index (χ2n) is 4.69. The first-order chi connectivity index (χ1) is 10.1. The molecule has 0 fully saturated rings. The van der Waals surface area contributed by atoms with Crippen molar-refractivity contribution in [2.75, 3.05) is 16.8 Å². The molecular weight excluding hydrogens is 286 g/mol. The molecule has 0 unspecified atom stereocenters. The predicted molar refractivity (Wildman–Crippen MR) is 85.2 cm³/mol. The lowest BCUT2D eigenvalue weighted by atomic mass is 10.1. The van der Waals surface area contributed by atoms with E-state index in [9.17, 15) is 4.79 Å². The number of aromatic nitrogens is 3. The van der Waals surface area contributed by atoms with E-state index in [1.165, 1.54) is 6.33 Å². The Morgan fingerprint density at radius 3 is 3.00 bits per heavy atom. The maximum atomic E-state index is 11.9. The van der Waals surface area contributed by atoms with Crippen molar-refractivity contribution in [3.8, 4) is 0 Å². The van der Waals surface area contributed by atoms with Crippen molar-refractivity contribution in [1.29, 1.82) is 0 Å². The molecule has 0 atom stereocenters. The normalized spacial score (nSPS) is 10.6. The van der Waals surface area contributed by atoms with E-state index in [0.29, 0.717) is 12.1 Å². The average molecular weight is 305 g/mol. The third kappa shape index (κ3) is 4.22. The van der Waals surface area contributed by atoms with Gasteiger partial charge in [-0.2, -0.15) is 5.10 Å². The molecule has 0 aliphatic carbocycles. The van der Waals surface area contributed by atoms with Gasteiger partial charge in [0.2, 0.25) is 5.91 Å². The Labute approximate surface area is 128 Å². The van der Waals surface area contributed by atoms with Crippen molar-refractivity contribution >= 4 is 29.0 Å². The summed E-state index contributed by atoms with van der Waals surface area (Å²) in [4.78, 5) is 16.0. The first-order valence-electron chi connectivity index (χ1n) is 6.69. The molecule has 0 spiro atoms. The summed E-state index contributed by atoms with van der Waals surface area (Å²) >= 11 is 1.60. The third-order valence-corrected chi connectivity index (χ3v) is 4.22. The van der Waals surface area contributed by atoms with Crippen LogP contribution in [0.2, 0.25) is 0 Å². The number of carbonyl (C=O) groups excluding carboxylic acids is 1. The van der Waals surface area contributed by atoms with Crippen LogP contribution >= 0.6 is 11.8 Å². The van der Waals surface area contributed by atoms with Crippen LogP contribution in [0.4, 0.5) is 11.4 Å². The molecular formula is C14H19N5OS. The predicted octanol–water partition coefficient (Wildman–Crippen LogP) is 2.22. The Bertz CT molecular complexity index is 626. The zero-order valence-corrected chi connectivity index (χ0v) is 13.0. The quantitative estimate of drug-likeness (QED) is 0.485. The van der Waals surface area contributed by atoms with E-state index < -0.39 is 0 Å². The van der Waals surface area contributed by atoms with Gasteiger partial charge in [-0.3, -0.25) is 4.79 Å². The number of nitrogen functional groups attached to an aromatic ring is 1. The van der Waals surface area contributed by atoms with Gasteiger partial charge in [0.15, 0.2) is 5.16 Å². The van der Waals surface area contributed by atoms with E-state index in [1.807, 2.05) is 32.2 Å². The SMILES string of the molecule is Cc1c(N)cccc1NC(=O)CCCSc1ncnn1C. The molecule has 2 aromatic rings. The van der Waals surface area contributed by atoms with Gasteiger partial charge in [-0.15, -0.1) is 0 Å². The van der Waals surface area contributed by atoms with Crippen molar-refractivity contribution < 1.29 is 4.79 Å². The molecule has 7 heteroatoms. The zero-order valence-electron chi connectivity index (χ0n) is 12.2. The number of hydrogen-bond acceptors (Lipinski definition) is 5. The lowest BCUT2D eigenvalue weighted by molar-refractivity contribution is -0.116. The van der Waals surface area contributed by atoms with Crippen LogP contribution in [-0.2, 0) is 11.8 Å². The van der Waals surface area contributed by atoms with E-state index in [2.05, 4.69) is 15.4 Å². The Hall–Kier alpha value is -2.02. The summed E-state index contributed by atoms with van der Waals surface area (Å²) in [7, 11) is 1.85. The number of amides is 1. The zero-order chi connectivity index (χ0) is 15.2. The van der Waals surface area contributed by atoms with E-state index >= 15 is 0 Å². The monoisotopic (exact) mass is 305 g/mol. The smallest absolute Gasteiger partial charge is 0.224 e. The second kappa shape index (κ2) is 7.12. The highest BCUT2D eigenvalue weighted by molar-refractivity contribution is 7.99. The van der Waals surface area contributed by atoms with E-state index in [4.69, 9.17) is 5.73 Å². The minimum atomic E-state index is 0.00210. The Balaban J connectivity index is 1.75. The second-order valence-corrected chi connectivity index (χ2v) is 5.75. The number of nitrogens with one attached hydrogen (secondary N) is 1. The molecule has 3 N–H and O–H groups in total. The van der Waals surface area contributed by atoms with Gasteiger partial charge in [-0.25, -0.2) is 9.67 Å². The van der Waals surface area contributed by atoms with Crippen LogP contribution < -0.4 is 11.1 Å². The highest BCUT2D eigenvalue weighted by Crippen LogP contribution is 2.21. The first-order valence-corrected chi connectivity index (χ1v) is 7.68. The van der Waals surface area contributed by atoms with Gasteiger partial charge in [0, 0.05) is 30.6 Å². The summed E-state index contributed by atoms with van der Waals surface area (Å²) in [6.07, 6.45) is 2.78. The van der Waals surface area contributed by atoms with Crippen LogP contribution in [-0.4, -0.2) is 26.4 Å². The van der Waals surface area contributed by atoms with Crippen molar-refractivity contribution in [1.82, 2.24) is 14.8 Å². The molecule has 1 aromatic carbocycles. The van der Waals surface area contributed by atoms with Gasteiger partial charge >= 0.3 is 0 Å². The van der Waals surface area contributed by atoms with Gasteiger partial charge in [-0.05, 0) is 31.0 Å². The standard InChI is InChI=1S/C14H19N5OS/c1-10-11(15)5-3-6-12(10)18-13(20)7-4-8-21-14-16-9-17-19(14)2/h3,5-6,9H,4,7-8,15H2,1-2H3,(H,18,20). The molecule has 1 aromatic heterocycles. The number of nitrogens with two attached hydrogens (primary N) is 1. The third-order valence-electron chi connectivity index (χ3n) is 3.10. The fraction of sp³-hybridized carbons (Fsp3) is 0.357. The summed E-state index contributed by atoms with van der Waals surface area (Å²) in [6, 6.07) is 5.52. The Morgan fingerprint density at radius 1 is 1.48 bits per heavy atom. The highest BCUT2D eigenvalue weighted by atomic mass is 32.2. The summed E-state index contributed by atoms with van der Waals surface area (Å²) in [5.41, 5.74) is 8.18. The van der Waals surface area contributed by atoms with Crippen LogP contribution in [0.3, 0.4) is 0 Å². The van der Waals surface area contributed by atoms with Crippen molar-refractivity contribution in [3.63, 3.8) is 0 Å². The lowest BCUT2D eigenvalue weighted by Gasteiger charge is -2.09. The summed E-state index contributed by atoms with van der Waals surface area (Å²) in [5, 5.41) is 7.76. The van der Waals surface area contributed by atoms with Crippen LogP contribution in [0.15, 0.2) is 29.7 Å². The molecule has 0 bridgehead atoms. The van der Waals surface area contributed by atoms with Crippen LogP contribution in [0.1, 0.15) is 18.4 Å². The van der Waals surface area contributed by atoms with Crippen LogP contribution in [0.25, 0.3) is 0 Å². The van der Waals surface area contributed by atoms with Gasteiger partial charge in [0.05, 0.1) is 0 Å². The molecule has 0 saturated heterocycles. The Morgan fingerprint density at radius 2 is 2.29 bits per heavy atom. The van der Waals surface area contributed by atoms with Crippen molar-refractivity contribution in [2.24, 2.45) is 7.05 Å². The molecule has 1 heterocycles. The number of nitrogens with zero attached hydrogens (tertiary/aromatic N) is 3. The largest absolute Gasteiger partial charge is 0.398 e. The minimum Gasteiger partial charge on any atom is -0.398 e. The molecule has 0 radical (unpaired) electrons. The fourth-order valence-corrected chi connectivity index (χ4v) is 2.64. The number of carbonyl (C=O) groups is 1. The molecule has 0 saturated carbocycles. The van der Waals surface area contributed by atoms with E-state index in [1.54, 1.807) is 16.4 Å². The van der Waals surface area contributed by atoms with Gasteiger partial charge in [-0.1, -0.05) is 17.8 Å². The van der Waals surface area contributed by atoms with Gasteiger partial charge < -0.3 is 11.1 Å². The van der Waals surface area contributed by atoms with E-state index in [-0.39, 0.29) is 5.91 Å². The Kier molecular flexibility index (Phi) is 5.21. The maximum absolute atomic E-state index is 11.9. The summed E-state index contributed by atoms with van der Waals surface area (Å²) in [5.74, 6) is 0.831. The van der Waals surface area contributed by atoms with Crippen LogP contribution in [0.5, 0.6) is 0 Å². The molecule has 0 aliphatic heterocycles. The molecule has 21 heavy (non-hydrogen) atoms. The summed E-state index contributed by atoms with van der Waals surface area (Å²) in [6.45, 7) is 1.90. The van der Waals surface area contributed by atoms with Crippen molar-refractivity contribution in [3.05, 3.63) is 30.1 Å². The van der Waals surface area contributed by atoms with Crippen LogP contribution in [0, 0.1) is 6.92 Å². The molecule has 0 aliphatic rings. The number of anilines is 2. The number of aryl methyl sites for hydroxylation is 1. The maximum Gasteiger partial charge on any atom is 0.224 e. The number of benzene rings is 1. The highest BCUT2D eigenvalue weighted by Gasteiger charge is 2.07. The number of rotatable bonds is 6. The molecule has 112 valence electrons. The lowest BCUT2D eigenvalue weighted by Crippen LogP contribution is -2.13. The number of thioether (sulfide) groups is 1. The summed E-state index contributed by atoms with van der Waals surface area (Å²) < 4.78 is 1.72. The first kappa shape index (κ1) is 15.4. The van der Waals surface area contributed by atoms with E-state index in [0.717, 1.165) is 28.6 Å². The average Bonchev–Trinajstić information content (AvgIpc) is 2.86. The fourth-order valence-electron chi connectivity index (χ4n) is 1.81. The van der Waals surface area contributed by atoms with Gasteiger partial charge in [0.1, 0.15) is 6.33 Å². The van der Waals surface area contributed by atoms with Gasteiger partial charge in [0.25, 0.3) is 0 Å². The van der Waals surface area contributed by atoms with Crippen molar-refractivity contribution in [2.45, 2.75) is 24.9 Å². The number of hydrogen-bond donors (Lipinski definition) is 2. The molecule has 6 nitrogen and oxygen atoms in total.